The van der Waals surface area contributed by atoms with E-state index in [2.05, 4.69) is 26.8 Å². The lowest BCUT2D eigenvalue weighted by Gasteiger charge is -2.26. The smallest absolute Gasteiger partial charge is 0.118 e. The molecule has 0 spiro atoms. The van der Waals surface area contributed by atoms with Gasteiger partial charge in [0.25, 0.3) is 0 Å². The third-order valence-electron chi connectivity index (χ3n) is 4.09. The number of hydrogen-bond donors (Lipinski definition) is 1. The quantitative estimate of drug-likeness (QED) is 0.841. The van der Waals surface area contributed by atoms with Gasteiger partial charge in [-0.05, 0) is 59.6 Å². The Hall–Kier alpha value is -1.70. The zero-order chi connectivity index (χ0) is 14.7. The normalized spacial score (nSPS) is 21.6. The molecule has 1 aromatic rings. The molecule has 0 fully saturated rings. The van der Waals surface area contributed by atoms with E-state index in [9.17, 15) is 5.11 Å². The maximum absolute atomic E-state index is 10.5. The number of methoxy groups -OCH3 is 1. The fourth-order valence-corrected chi connectivity index (χ4v) is 2.72. The zero-order valence-electron chi connectivity index (χ0n) is 12.8. The minimum atomic E-state index is 0.402. The summed E-state index contributed by atoms with van der Waals surface area (Å²) in [4.78, 5) is 0. The van der Waals surface area contributed by atoms with Crippen LogP contribution in [0, 0.1) is 11.8 Å². The highest BCUT2D eigenvalue weighted by molar-refractivity contribution is 5.60. The van der Waals surface area contributed by atoms with Crippen LogP contribution in [0.5, 0.6) is 5.75 Å². The van der Waals surface area contributed by atoms with Crippen LogP contribution in [-0.2, 0) is 0 Å². The molecule has 0 bridgehead atoms. The molecule has 20 heavy (non-hydrogen) atoms. The molecule has 0 heterocycles. The van der Waals surface area contributed by atoms with E-state index in [-0.39, 0.29) is 0 Å². The molecule has 0 saturated heterocycles. The summed E-state index contributed by atoms with van der Waals surface area (Å²) in [5.74, 6) is 2.17. The number of rotatable bonds is 3. The number of ether oxygens (including phenoxy) is 1. The monoisotopic (exact) mass is 272 g/mol. The lowest BCUT2D eigenvalue weighted by Crippen LogP contribution is -2.14. The van der Waals surface area contributed by atoms with Gasteiger partial charge in [-0.3, -0.25) is 0 Å². The van der Waals surface area contributed by atoms with Crippen LogP contribution in [0.3, 0.4) is 0 Å². The van der Waals surface area contributed by atoms with Gasteiger partial charge in [0.2, 0.25) is 0 Å². The topological polar surface area (TPSA) is 29.5 Å². The predicted octanol–water partition coefficient (Wildman–Crippen LogP) is 4.98. The molecule has 0 amide bonds. The van der Waals surface area contributed by atoms with Crippen molar-refractivity contribution in [3.8, 4) is 5.75 Å². The summed E-state index contributed by atoms with van der Waals surface area (Å²) < 4.78 is 5.17. The molecule has 1 aliphatic carbocycles. The third kappa shape index (κ3) is 3.06. The minimum absolute atomic E-state index is 0.402. The molecule has 1 unspecified atom stereocenters. The van der Waals surface area contributed by atoms with Gasteiger partial charge in [0.15, 0.2) is 0 Å². The van der Waals surface area contributed by atoms with Crippen LogP contribution in [0.15, 0.2) is 41.2 Å². The van der Waals surface area contributed by atoms with Crippen LogP contribution < -0.4 is 4.74 Å². The fourth-order valence-electron chi connectivity index (χ4n) is 2.72. The Balaban J connectivity index is 2.36. The van der Waals surface area contributed by atoms with Crippen LogP contribution in [0.1, 0.15) is 39.2 Å². The first-order valence-electron chi connectivity index (χ1n) is 7.31. The molecule has 0 radical (unpaired) electrons. The Bertz CT molecular complexity index is 521. The SMILES string of the molecule is COc1ccc(/C=C2\C(O)=C(C(C)C)CCC2C)cc1. The van der Waals surface area contributed by atoms with Crippen LogP contribution in [0.25, 0.3) is 6.08 Å². The van der Waals surface area contributed by atoms with E-state index in [1.165, 1.54) is 5.57 Å². The van der Waals surface area contributed by atoms with Gasteiger partial charge in [-0.2, -0.15) is 0 Å². The Morgan fingerprint density at radius 2 is 1.90 bits per heavy atom. The molecule has 2 nitrogen and oxygen atoms in total. The Labute approximate surface area is 121 Å². The van der Waals surface area contributed by atoms with Gasteiger partial charge in [-0.15, -0.1) is 0 Å². The molecule has 1 aromatic carbocycles. The number of hydrogen-bond acceptors (Lipinski definition) is 2. The summed E-state index contributed by atoms with van der Waals surface area (Å²) in [6.45, 7) is 6.47. The van der Waals surface area contributed by atoms with Crippen molar-refractivity contribution in [3.63, 3.8) is 0 Å². The highest BCUT2D eigenvalue weighted by Gasteiger charge is 2.24. The molecule has 2 heteroatoms. The Morgan fingerprint density at radius 3 is 2.45 bits per heavy atom. The summed E-state index contributed by atoms with van der Waals surface area (Å²) in [7, 11) is 1.67. The van der Waals surface area contributed by atoms with Crippen LogP contribution in [0.2, 0.25) is 0 Å². The van der Waals surface area contributed by atoms with Gasteiger partial charge in [-0.25, -0.2) is 0 Å². The number of aliphatic hydroxyl groups is 1. The summed E-state index contributed by atoms with van der Waals surface area (Å²) in [5, 5.41) is 10.5. The van der Waals surface area contributed by atoms with E-state index in [1.54, 1.807) is 7.11 Å². The van der Waals surface area contributed by atoms with E-state index in [0.29, 0.717) is 17.6 Å². The lowest BCUT2D eigenvalue weighted by atomic mass is 9.80. The van der Waals surface area contributed by atoms with Gasteiger partial charge >= 0.3 is 0 Å². The first kappa shape index (κ1) is 14.7. The van der Waals surface area contributed by atoms with E-state index < -0.39 is 0 Å². The average Bonchev–Trinajstić information content (AvgIpc) is 2.43. The molecule has 1 aliphatic rings. The van der Waals surface area contributed by atoms with Gasteiger partial charge < -0.3 is 9.84 Å². The molecular formula is C18H24O2. The average molecular weight is 272 g/mol. The first-order valence-corrected chi connectivity index (χ1v) is 7.31. The van der Waals surface area contributed by atoms with E-state index in [1.807, 2.05) is 24.3 Å². The second kappa shape index (κ2) is 6.17. The summed E-state index contributed by atoms with van der Waals surface area (Å²) >= 11 is 0. The largest absolute Gasteiger partial charge is 0.508 e. The Morgan fingerprint density at radius 1 is 1.25 bits per heavy atom. The third-order valence-corrected chi connectivity index (χ3v) is 4.09. The molecular weight excluding hydrogens is 248 g/mol. The fraction of sp³-hybridized carbons (Fsp3) is 0.444. The zero-order valence-corrected chi connectivity index (χ0v) is 12.8. The van der Waals surface area contributed by atoms with Crippen molar-refractivity contribution in [2.24, 2.45) is 11.8 Å². The standard InChI is InChI=1S/C18H24O2/c1-12(2)16-10-5-13(3)17(18(16)19)11-14-6-8-15(20-4)9-7-14/h6-9,11-13,19H,5,10H2,1-4H3/b17-11-. The minimum Gasteiger partial charge on any atom is -0.508 e. The van der Waals surface area contributed by atoms with E-state index in [0.717, 1.165) is 29.7 Å². The second-order valence-corrected chi connectivity index (χ2v) is 5.84. The first-order chi connectivity index (χ1) is 9.52. The van der Waals surface area contributed by atoms with E-state index >= 15 is 0 Å². The van der Waals surface area contributed by atoms with Crippen LogP contribution >= 0.6 is 0 Å². The van der Waals surface area contributed by atoms with Gasteiger partial charge in [0, 0.05) is 0 Å². The van der Waals surface area contributed by atoms with Crippen molar-refractivity contribution in [1.29, 1.82) is 0 Å². The maximum atomic E-state index is 10.5. The van der Waals surface area contributed by atoms with Crippen LogP contribution in [-0.4, -0.2) is 12.2 Å². The maximum Gasteiger partial charge on any atom is 0.118 e. The van der Waals surface area contributed by atoms with Crippen molar-refractivity contribution in [2.75, 3.05) is 7.11 Å². The van der Waals surface area contributed by atoms with Gasteiger partial charge in [0.1, 0.15) is 11.5 Å². The highest BCUT2D eigenvalue weighted by atomic mass is 16.5. The van der Waals surface area contributed by atoms with Crippen molar-refractivity contribution in [2.45, 2.75) is 33.6 Å². The predicted molar refractivity (Wildman–Crippen MR) is 83.9 cm³/mol. The summed E-state index contributed by atoms with van der Waals surface area (Å²) in [6, 6.07) is 7.94. The molecule has 1 atom stereocenters. The summed E-state index contributed by atoms with van der Waals surface area (Å²) in [5.41, 5.74) is 3.34. The molecule has 1 N–H and O–H groups in total. The second-order valence-electron chi connectivity index (χ2n) is 5.84. The summed E-state index contributed by atoms with van der Waals surface area (Å²) in [6.07, 6.45) is 4.21. The molecule has 0 aromatic heterocycles. The van der Waals surface area contributed by atoms with Crippen molar-refractivity contribution < 1.29 is 9.84 Å². The number of benzene rings is 1. The molecule has 108 valence electrons. The highest BCUT2D eigenvalue weighted by Crippen LogP contribution is 2.37. The molecule has 2 rings (SSSR count). The number of aliphatic hydroxyl groups excluding tert-OH is 1. The van der Waals surface area contributed by atoms with Gasteiger partial charge in [-0.1, -0.05) is 32.9 Å². The molecule has 0 aliphatic heterocycles. The number of allylic oxidation sites excluding steroid dienone is 2. The van der Waals surface area contributed by atoms with Crippen molar-refractivity contribution >= 4 is 6.08 Å². The Kier molecular flexibility index (Phi) is 4.53. The van der Waals surface area contributed by atoms with Crippen molar-refractivity contribution in [3.05, 3.63) is 46.7 Å². The lowest BCUT2D eigenvalue weighted by molar-refractivity contribution is 0.367. The molecule has 0 saturated carbocycles. The van der Waals surface area contributed by atoms with Gasteiger partial charge in [0.05, 0.1) is 7.11 Å². The van der Waals surface area contributed by atoms with Crippen molar-refractivity contribution in [1.82, 2.24) is 0 Å². The van der Waals surface area contributed by atoms with Crippen LogP contribution in [0.4, 0.5) is 0 Å². The van der Waals surface area contributed by atoms with E-state index in [4.69, 9.17) is 4.74 Å².